The first-order chi connectivity index (χ1) is 14.2. The molecular formula is C22H25N3O2S2. The summed E-state index contributed by atoms with van der Waals surface area (Å²) in [6.45, 7) is 6.92. The second kappa shape index (κ2) is 9.63. The number of carbonyl (C=O) groups excluding carboxylic acids is 1. The molecule has 1 aliphatic rings. The van der Waals surface area contributed by atoms with Gasteiger partial charge >= 0.3 is 0 Å². The second-order valence-electron chi connectivity index (χ2n) is 6.94. The van der Waals surface area contributed by atoms with E-state index in [9.17, 15) is 4.79 Å². The van der Waals surface area contributed by atoms with Crippen molar-refractivity contribution in [3.05, 3.63) is 52.2 Å². The molecule has 3 aromatic rings. The quantitative estimate of drug-likeness (QED) is 0.528. The van der Waals surface area contributed by atoms with Gasteiger partial charge < -0.3 is 4.74 Å². The topological polar surface area (TPSA) is 45.7 Å². The molecule has 0 unspecified atom stereocenters. The first-order valence-corrected chi connectivity index (χ1v) is 11.6. The molecule has 152 valence electrons. The molecule has 0 N–H and O–H groups in total. The van der Waals surface area contributed by atoms with Crippen molar-refractivity contribution >= 4 is 50.0 Å². The summed E-state index contributed by atoms with van der Waals surface area (Å²) in [5.74, 6) is -0.0265. The predicted octanol–water partition coefficient (Wildman–Crippen LogP) is 4.30. The molecule has 1 saturated heterocycles. The van der Waals surface area contributed by atoms with Gasteiger partial charge in [0.15, 0.2) is 5.13 Å². The molecule has 29 heavy (non-hydrogen) atoms. The van der Waals surface area contributed by atoms with Crippen molar-refractivity contribution in [2.24, 2.45) is 0 Å². The zero-order chi connectivity index (χ0) is 20.1. The van der Waals surface area contributed by atoms with Gasteiger partial charge in [-0.15, -0.1) is 11.3 Å². The van der Waals surface area contributed by atoms with Gasteiger partial charge in [0.1, 0.15) is 0 Å². The summed E-state index contributed by atoms with van der Waals surface area (Å²) in [5.41, 5.74) is 2.24. The van der Waals surface area contributed by atoms with Crippen molar-refractivity contribution in [2.75, 3.05) is 44.3 Å². The average molecular weight is 428 g/mol. The molecular weight excluding hydrogens is 402 g/mol. The Balaban J connectivity index is 1.57. The fourth-order valence-corrected chi connectivity index (χ4v) is 4.97. The smallest absolute Gasteiger partial charge is 0.252 e. The summed E-state index contributed by atoms with van der Waals surface area (Å²) in [6.07, 6.45) is 4.54. The summed E-state index contributed by atoms with van der Waals surface area (Å²) < 4.78 is 6.57. The van der Waals surface area contributed by atoms with Gasteiger partial charge in [0.2, 0.25) is 0 Å². The van der Waals surface area contributed by atoms with Gasteiger partial charge in [-0.05, 0) is 41.6 Å². The van der Waals surface area contributed by atoms with Crippen LogP contribution in [-0.2, 0) is 16.0 Å². The Morgan fingerprint density at radius 1 is 1.31 bits per heavy atom. The minimum atomic E-state index is -0.0265. The summed E-state index contributed by atoms with van der Waals surface area (Å²) in [7, 11) is 0. The number of nitrogens with zero attached hydrogens (tertiary/aromatic N) is 3. The number of thiazole rings is 1. The highest BCUT2D eigenvalue weighted by molar-refractivity contribution is 7.22. The molecule has 0 saturated carbocycles. The number of aryl methyl sites for hydroxylation is 1. The maximum atomic E-state index is 13.1. The van der Waals surface area contributed by atoms with Crippen molar-refractivity contribution in [2.45, 2.75) is 13.3 Å². The molecule has 3 heterocycles. The van der Waals surface area contributed by atoms with Crippen LogP contribution in [0.15, 0.2) is 41.8 Å². The molecule has 1 aromatic carbocycles. The Labute approximate surface area is 179 Å². The predicted molar refractivity (Wildman–Crippen MR) is 122 cm³/mol. The first-order valence-electron chi connectivity index (χ1n) is 9.95. The number of fused-ring (bicyclic) bond motifs is 1. The molecule has 0 bridgehead atoms. The summed E-state index contributed by atoms with van der Waals surface area (Å²) >= 11 is 3.22. The molecule has 0 aliphatic carbocycles. The van der Waals surface area contributed by atoms with E-state index >= 15 is 0 Å². The van der Waals surface area contributed by atoms with Crippen LogP contribution in [0.2, 0.25) is 0 Å². The Morgan fingerprint density at radius 3 is 2.93 bits per heavy atom. The van der Waals surface area contributed by atoms with E-state index in [2.05, 4.69) is 30.0 Å². The van der Waals surface area contributed by atoms with Crippen LogP contribution in [0.3, 0.4) is 0 Å². The number of benzene rings is 1. The van der Waals surface area contributed by atoms with Gasteiger partial charge in [-0.2, -0.15) is 0 Å². The Bertz CT molecular complexity index is 975. The lowest BCUT2D eigenvalue weighted by atomic mass is 10.2. The molecule has 0 spiro atoms. The Kier molecular flexibility index (Phi) is 6.71. The molecule has 2 aromatic heterocycles. The van der Waals surface area contributed by atoms with Crippen molar-refractivity contribution in [1.29, 1.82) is 0 Å². The van der Waals surface area contributed by atoms with Crippen LogP contribution in [0.4, 0.5) is 5.13 Å². The molecule has 1 fully saturated rings. The fourth-order valence-electron chi connectivity index (χ4n) is 3.29. The minimum Gasteiger partial charge on any atom is -0.379 e. The van der Waals surface area contributed by atoms with Crippen LogP contribution < -0.4 is 4.90 Å². The first kappa shape index (κ1) is 20.2. The molecule has 4 rings (SSSR count). The Morgan fingerprint density at radius 2 is 2.17 bits per heavy atom. The summed E-state index contributed by atoms with van der Waals surface area (Å²) in [4.78, 5) is 23.1. The van der Waals surface area contributed by atoms with E-state index in [1.165, 1.54) is 5.56 Å². The highest BCUT2D eigenvalue weighted by Gasteiger charge is 2.20. The zero-order valence-electron chi connectivity index (χ0n) is 16.5. The number of aromatic nitrogens is 1. The van der Waals surface area contributed by atoms with Crippen LogP contribution in [0, 0.1) is 0 Å². The highest BCUT2D eigenvalue weighted by Crippen LogP contribution is 2.30. The third kappa shape index (κ3) is 5.11. The summed E-state index contributed by atoms with van der Waals surface area (Å²) in [5, 5.41) is 2.78. The van der Waals surface area contributed by atoms with Gasteiger partial charge in [0.05, 0.1) is 23.4 Å². The minimum absolute atomic E-state index is 0.0265. The van der Waals surface area contributed by atoms with Gasteiger partial charge in [-0.25, -0.2) is 4.98 Å². The van der Waals surface area contributed by atoms with Gasteiger partial charge in [-0.3, -0.25) is 14.6 Å². The number of anilines is 1. The maximum absolute atomic E-state index is 13.1. The number of carbonyl (C=O) groups is 1. The second-order valence-corrected chi connectivity index (χ2v) is 8.93. The van der Waals surface area contributed by atoms with E-state index in [1.807, 2.05) is 28.5 Å². The maximum Gasteiger partial charge on any atom is 0.252 e. The number of hydrogen-bond acceptors (Lipinski definition) is 6. The van der Waals surface area contributed by atoms with Crippen molar-refractivity contribution in [3.63, 3.8) is 0 Å². The SMILES string of the molecule is CCc1ccc2nc(N(CCN3CCOCC3)C(=O)/C=C/c3cccs3)sc2c1. The number of morpholine rings is 1. The highest BCUT2D eigenvalue weighted by atomic mass is 32.1. The molecule has 0 radical (unpaired) electrons. The van der Waals surface area contributed by atoms with E-state index in [4.69, 9.17) is 9.72 Å². The largest absolute Gasteiger partial charge is 0.379 e. The van der Waals surface area contributed by atoms with Crippen molar-refractivity contribution < 1.29 is 9.53 Å². The van der Waals surface area contributed by atoms with E-state index in [1.54, 1.807) is 28.7 Å². The third-order valence-electron chi connectivity index (χ3n) is 5.02. The van der Waals surface area contributed by atoms with Crippen LogP contribution in [0.25, 0.3) is 16.3 Å². The van der Waals surface area contributed by atoms with E-state index in [0.29, 0.717) is 6.54 Å². The van der Waals surface area contributed by atoms with Gasteiger partial charge in [0.25, 0.3) is 5.91 Å². The molecule has 0 atom stereocenters. The van der Waals surface area contributed by atoms with E-state index in [0.717, 1.165) is 59.5 Å². The van der Waals surface area contributed by atoms with Crippen LogP contribution in [-0.4, -0.2) is 55.2 Å². The average Bonchev–Trinajstić information content (AvgIpc) is 3.42. The van der Waals surface area contributed by atoms with E-state index < -0.39 is 0 Å². The molecule has 1 amide bonds. The number of hydrogen-bond donors (Lipinski definition) is 0. The van der Waals surface area contributed by atoms with Gasteiger partial charge in [-0.1, -0.05) is 30.4 Å². The molecule has 5 nitrogen and oxygen atoms in total. The van der Waals surface area contributed by atoms with Crippen LogP contribution in [0.5, 0.6) is 0 Å². The molecule has 7 heteroatoms. The summed E-state index contributed by atoms with van der Waals surface area (Å²) in [6, 6.07) is 10.4. The number of ether oxygens (including phenoxy) is 1. The van der Waals surface area contributed by atoms with Crippen LogP contribution >= 0.6 is 22.7 Å². The number of rotatable bonds is 7. The third-order valence-corrected chi connectivity index (χ3v) is 6.90. The van der Waals surface area contributed by atoms with Crippen molar-refractivity contribution in [3.8, 4) is 0 Å². The van der Waals surface area contributed by atoms with Crippen molar-refractivity contribution in [1.82, 2.24) is 9.88 Å². The lowest BCUT2D eigenvalue weighted by Crippen LogP contribution is -2.42. The number of thiophene rings is 1. The molecule has 1 aliphatic heterocycles. The Hall–Kier alpha value is -2.06. The fraction of sp³-hybridized carbons (Fsp3) is 0.364. The monoisotopic (exact) mass is 427 g/mol. The lowest BCUT2D eigenvalue weighted by molar-refractivity contribution is -0.114. The normalized spacial score (nSPS) is 15.3. The zero-order valence-corrected chi connectivity index (χ0v) is 18.2. The van der Waals surface area contributed by atoms with Crippen LogP contribution in [0.1, 0.15) is 17.4 Å². The standard InChI is InChI=1S/C22H25N3O2S2/c1-2-17-5-7-19-20(16-17)29-22(23-19)25(10-9-24-11-13-27-14-12-24)21(26)8-6-18-4-3-15-28-18/h3-8,15-16H,2,9-14H2,1H3/b8-6+. The van der Waals surface area contributed by atoms with Gasteiger partial charge in [0, 0.05) is 37.1 Å². The van der Waals surface area contributed by atoms with E-state index in [-0.39, 0.29) is 5.91 Å². The number of amides is 1. The lowest BCUT2D eigenvalue weighted by Gasteiger charge is -2.28.